The molecule has 22 heavy (non-hydrogen) atoms. The molecule has 0 aliphatic rings. The van der Waals surface area contributed by atoms with Crippen LogP contribution in [0.15, 0.2) is 24.3 Å². The predicted octanol–water partition coefficient (Wildman–Crippen LogP) is 2.18. The molecule has 0 spiro atoms. The van der Waals surface area contributed by atoms with Gasteiger partial charge >= 0.3 is 0 Å². The SMILES string of the molecule is CCCC(O)CNC(=O)Cn1c(CSC)nc2ccccc21. The third kappa shape index (κ3) is 4.24. The average Bonchev–Trinajstić information content (AvgIpc) is 2.84. The Hall–Kier alpha value is -1.53. The topological polar surface area (TPSA) is 67.2 Å². The van der Waals surface area contributed by atoms with E-state index >= 15 is 0 Å². The summed E-state index contributed by atoms with van der Waals surface area (Å²) in [6.45, 7) is 2.55. The van der Waals surface area contributed by atoms with Gasteiger partial charge in [0, 0.05) is 6.54 Å². The highest BCUT2D eigenvalue weighted by Crippen LogP contribution is 2.18. The highest BCUT2D eigenvalue weighted by atomic mass is 32.2. The number of hydrogen-bond acceptors (Lipinski definition) is 4. The van der Waals surface area contributed by atoms with Gasteiger partial charge in [-0.25, -0.2) is 4.98 Å². The van der Waals surface area contributed by atoms with Gasteiger partial charge in [-0.2, -0.15) is 11.8 Å². The summed E-state index contributed by atoms with van der Waals surface area (Å²) in [6.07, 6.45) is 3.15. The van der Waals surface area contributed by atoms with Gasteiger partial charge in [0.1, 0.15) is 12.4 Å². The monoisotopic (exact) mass is 321 g/mol. The van der Waals surface area contributed by atoms with Crippen molar-refractivity contribution in [2.75, 3.05) is 12.8 Å². The normalized spacial score (nSPS) is 12.5. The molecule has 2 rings (SSSR count). The number of thioether (sulfide) groups is 1. The van der Waals surface area contributed by atoms with Crippen molar-refractivity contribution in [3.8, 4) is 0 Å². The lowest BCUT2D eigenvalue weighted by Crippen LogP contribution is -2.34. The van der Waals surface area contributed by atoms with E-state index in [1.54, 1.807) is 11.8 Å². The summed E-state index contributed by atoms with van der Waals surface area (Å²) in [5.41, 5.74) is 1.88. The molecule has 1 unspecified atom stereocenters. The van der Waals surface area contributed by atoms with Crippen molar-refractivity contribution in [2.24, 2.45) is 0 Å². The third-order valence-electron chi connectivity index (χ3n) is 3.47. The van der Waals surface area contributed by atoms with Gasteiger partial charge in [-0.05, 0) is 24.8 Å². The maximum Gasteiger partial charge on any atom is 0.240 e. The number of carbonyl (C=O) groups is 1. The van der Waals surface area contributed by atoms with Crippen molar-refractivity contribution in [2.45, 2.75) is 38.2 Å². The molecule has 1 amide bonds. The standard InChI is InChI=1S/C16H23N3O2S/c1-3-6-12(20)9-17-16(21)10-19-14-8-5-4-7-13(14)18-15(19)11-22-2/h4-5,7-8,12,20H,3,6,9-11H2,1-2H3,(H,17,21). The van der Waals surface area contributed by atoms with Gasteiger partial charge in [-0.15, -0.1) is 0 Å². The minimum atomic E-state index is -0.473. The van der Waals surface area contributed by atoms with E-state index in [1.807, 2.05) is 42.0 Å². The molecule has 2 aromatic rings. The molecular weight excluding hydrogens is 298 g/mol. The Bertz CT molecular complexity index is 627. The lowest BCUT2D eigenvalue weighted by Gasteiger charge is -2.12. The van der Waals surface area contributed by atoms with Crippen LogP contribution in [0.1, 0.15) is 25.6 Å². The molecule has 0 aliphatic heterocycles. The van der Waals surface area contributed by atoms with Crippen molar-refractivity contribution in [3.63, 3.8) is 0 Å². The van der Waals surface area contributed by atoms with Gasteiger partial charge in [0.15, 0.2) is 0 Å². The van der Waals surface area contributed by atoms with Gasteiger partial charge in [0.25, 0.3) is 0 Å². The van der Waals surface area contributed by atoms with E-state index in [0.717, 1.165) is 29.0 Å². The van der Waals surface area contributed by atoms with Crippen LogP contribution in [0.5, 0.6) is 0 Å². The Morgan fingerprint density at radius 3 is 2.95 bits per heavy atom. The van der Waals surface area contributed by atoms with Crippen LogP contribution >= 0.6 is 11.8 Å². The molecule has 0 saturated heterocycles. The number of aliphatic hydroxyl groups excluding tert-OH is 1. The van der Waals surface area contributed by atoms with Gasteiger partial charge in [-0.1, -0.05) is 25.5 Å². The number of nitrogens with one attached hydrogen (secondary N) is 1. The number of rotatable bonds is 8. The van der Waals surface area contributed by atoms with Gasteiger partial charge in [-0.3, -0.25) is 4.79 Å². The minimum absolute atomic E-state index is 0.0966. The zero-order valence-corrected chi connectivity index (χ0v) is 13.9. The first-order valence-electron chi connectivity index (χ1n) is 7.53. The fourth-order valence-corrected chi connectivity index (χ4v) is 2.89. The van der Waals surface area contributed by atoms with Crippen molar-refractivity contribution in [1.29, 1.82) is 0 Å². The summed E-state index contributed by atoms with van der Waals surface area (Å²) in [5.74, 6) is 1.57. The van der Waals surface area contributed by atoms with E-state index in [1.165, 1.54) is 0 Å². The number of hydrogen-bond donors (Lipinski definition) is 2. The Kier molecular flexibility index (Phi) is 6.27. The van der Waals surface area contributed by atoms with Crippen LogP contribution in [0, 0.1) is 0 Å². The molecule has 120 valence electrons. The van der Waals surface area contributed by atoms with Crippen LogP contribution in [0.25, 0.3) is 11.0 Å². The van der Waals surface area contributed by atoms with Crippen LogP contribution in [-0.4, -0.2) is 39.5 Å². The molecule has 1 aromatic heterocycles. The average molecular weight is 321 g/mol. The van der Waals surface area contributed by atoms with Crippen LogP contribution < -0.4 is 5.32 Å². The van der Waals surface area contributed by atoms with Crippen LogP contribution in [0.2, 0.25) is 0 Å². The number of amides is 1. The van der Waals surface area contributed by atoms with Crippen molar-refractivity contribution < 1.29 is 9.90 Å². The maximum absolute atomic E-state index is 12.1. The number of nitrogens with zero attached hydrogens (tertiary/aromatic N) is 2. The predicted molar refractivity (Wildman–Crippen MR) is 90.9 cm³/mol. The fourth-order valence-electron chi connectivity index (χ4n) is 2.41. The Morgan fingerprint density at radius 2 is 2.23 bits per heavy atom. The number of imidazole rings is 1. The van der Waals surface area contributed by atoms with Crippen LogP contribution in [0.4, 0.5) is 0 Å². The molecule has 0 fully saturated rings. The molecule has 2 N–H and O–H groups in total. The summed E-state index contributed by atoms with van der Waals surface area (Å²) in [7, 11) is 0. The largest absolute Gasteiger partial charge is 0.391 e. The van der Waals surface area contributed by atoms with Gasteiger partial charge < -0.3 is 15.0 Å². The number of benzene rings is 1. The number of aliphatic hydroxyl groups is 1. The van der Waals surface area contributed by atoms with E-state index < -0.39 is 6.10 Å². The molecule has 1 atom stereocenters. The number of aromatic nitrogens is 2. The Balaban J connectivity index is 2.09. The summed E-state index contributed by atoms with van der Waals surface area (Å²) < 4.78 is 1.95. The quantitative estimate of drug-likeness (QED) is 0.782. The first-order chi connectivity index (χ1) is 10.7. The van der Waals surface area contributed by atoms with Crippen molar-refractivity contribution >= 4 is 28.7 Å². The second-order valence-corrected chi connectivity index (χ2v) is 6.15. The summed E-state index contributed by atoms with van der Waals surface area (Å²) in [6, 6.07) is 7.83. The Morgan fingerprint density at radius 1 is 1.45 bits per heavy atom. The Labute approximate surface area is 135 Å². The maximum atomic E-state index is 12.1. The summed E-state index contributed by atoms with van der Waals surface area (Å²) in [4.78, 5) is 16.7. The minimum Gasteiger partial charge on any atom is -0.391 e. The van der Waals surface area contributed by atoms with Crippen molar-refractivity contribution in [1.82, 2.24) is 14.9 Å². The molecule has 5 nitrogen and oxygen atoms in total. The summed E-state index contributed by atoms with van der Waals surface area (Å²) in [5, 5.41) is 12.5. The van der Waals surface area contributed by atoms with Crippen LogP contribution in [-0.2, 0) is 17.1 Å². The number of para-hydroxylation sites is 2. The molecule has 0 bridgehead atoms. The molecule has 0 saturated carbocycles. The fraction of sp³-hybridized carbons (Fsp3) is 0.500. The second kappa shape index (κ2) is 8.19. The summed E-state index contributed by atoms with van der Waals surface area (Å²) >= 11 is 1.68. The molecule has 0 aliphatic carbocycles. The number of carbonyl (C=O) groups excluding carboxylic acids is 1. The molecular formula is C16H23N3O2S. The van der Waals surface area contributed by atoms with Crippen LogP contribution in [0.3, 0.4) is 0 Å². The molecule has 1 heterocycles. The first kappa shape index (κ1) is 16.8. The first-order valence-corrected chi connectivity index (χ1v) is 8.93. The van der Waals surface area contributed by atoms with E-state index in [4.69, 9.17) is 0 Å². The van der Waals surface area contributed by atoms with Crippen molar-refractivity contribution in [3.05, 3.63) is 30.1 Å². The molecule has 0 radical (unpaired) electrons. The second-order valence-electron chi connectivity index (χ2n) is 5.28. The lowest BCUT2D eigenvalue weighted by molar-refractivity contribution is -0.122. The smallest absolute Gasteiger partial charge is 0.240 e. The lowest BCUT2D eigenvalue weighted by atomic mass is 10.2. The highest BCUT2D eigenvalue weighted by Gasteiger charge is 2.13. The molecule has 6 heteroatoms. The van der Waals surface area contributed by atoms with E-state index in [-0.39, 0.29) is 12.5 Å². The highest BCUT2D eigenvalue weighted by molar-refractivity contribution is 7.97. The van der Waals surface area contributed by atoms with E-state index in [0.29, 0.717) is 13.0 Å². The zero-order chi connectivity index (χ0) is 15.9. The van der Waals surface area contributed by atoms with E-state index in [2.05, 4.69) is 10.3 Å². The van der Waals surface area contributed by atoms with E-state index in [9.17, 15) is 9.90 Å². The third-order valence-corrected chi connectivity index (χ3v) is 4.01. The van der Waals surface area contributed by atoms with Gasteiger partial charge in [0.05, 0.1) is 22.9 Å². The number of fused-ring (bicyclic) bond motifs is 1. The molecule has 1 aromatic carbocycles. The zero-order valence-electron chi connectivity index (χ0n) is 13.1. The van der Waals surface area contributed by atoms with Gasteiger partial charge in [0.2, 0.25) is 5.91 Å².